The van der Waals surface area contributed by atoms with Gasteiger partial charge >= 0.3 is 6.03 Å². The lowest BCUT2D eigenvalue weighted by Gasteiger charge is -2.36. The van der Waals surface area contributed by atoms with Crippen molar-refractivity contribution < 1.29 is 9.53 Å². The molecule has 0 unspecified atom stereocenters. The van der Waals surface area contributed by atoms with Gasteiger partial charge in [-0.15, -0.1) is 0 Å². The van der Waals surface area contributed by atoms with Gasteiger partial charge in [-0.2, -0.15) is 0 Å². The molecule has 1 aliphatic rings. The molecule has 40 heavy (non-hydrogen) atoms. The van der Waals surface area contributed by atoms with E-state index in [4.69, 9.17) is 27.9 Å². The molecule has 0 saturated carbocycles. The van der Waals surface area contributed by atoms with Crippen LogP contribution in [-0.2, 0) is 0 Å². The van der Waals surface area contributed by atoms with Gasteiger partial charge < -0.3 is 15.0 Å². The molecule has 0 aliphatic carbocycles. The van der Waals surface area contributed by atoms with Crippen LogP contribution in [0.1, 0.15) is 47.0 Å². The number of pyridine rings is 1. The number of piperazine rings is 1. The highest BCUT2D eigenvalue weighted by molar-refractivity contribution is 6.43. The number of rotatable bonds is 10. The van der Waals surface area contributed by atoms with Gasteiger partial charge in [0.2, 0.25) is 0 Å². The molecule has 4 rings (SSSR count). The summed E-state index contributed by atoms with van der Waals surface area (Å²) in [5.41, 5.74) is 0.746. The van der Waals surface area contributed by atoms with E-state index in [1.165, 1.54) is 10.6 Å². The Bertz CT molecular complexity index is 1380. The number of halogens is 2. The Morgan fingerprint density at radius 1 is 1.02 bits per heavy atom. The minimum atomic E-state index is -0.435. The monoisotopic (exact) mass is 586 g/mol. The highest BCUT2D eigenvalue weighted by Gasteiger charge is 2.24. The van der Waals surface area contributed by atoms with Crippen LogP contribution in [-0.4, -0.2) is 60.4 Å². The molecule has 0 spiro atoms. The van der Waals surface area contributed by atoms with Gasteiger partial charge in [0.05, 0.1) is 27.9 Å². The summed E-state index contributed by atoms with van der Waals surface area (Å²) in [4.78, 5) is 30.6. The summed E-state index contributed by atoms with van der Waals surface area (Å²) in [6.45, 7) is 13.5. The van der Waals surface area contributed by atoms with Crippen molar-refractivity contribution in [1.82, 2.24) is 14.8 Å². The van der Waals surface area contributed by atoms with Gasteiger partial charge in [0.1, 0.15) is 5.75 Å². The summed E-state index contributed by atoms with van der Waals surface area (Å²) in [7, 11) is 0. The van der Waals surface area contributed by atoms with Gasteiger partial charge in [-0.1, -0.05) is 43.1 Å². The van der Waals surface area contributed by atoms with E-state index in [9.17, 15) is 9.59 Å². The minimum absolute atomic E-state index is 0.361. The number of amides is 1. The van der Waals surface area contributed by atoms with Crippen molar-refractivity contribution in [3.05, 3.63) is 68.9 Å². The van der Waals surface area contributed by atoms with Gasteiger partial charge in [0, 0.05) is 43.9 Å². The normalized spacial score (nSPS) is 14.6. The summed E-state index contributed by atoms with van der Waals surface area (Å²) in [6, 6.07) is 14.1. The SMILES string of the molecule is CC(C)CC(C)(C)NC(=O)n1c(=O)ccc2ccc(OCCCCN3CCN(c4cccc(Cl)c4Cl)CC3)cc21. The standard InChI is InChI=1S/C31H40Cl2N4O3/c1-22(2)21-31(3,4)34-30(39)37-27-20-24(12-10-23(27)11-13-28(37)38)40-19-6-5-14-35-15-17-36(18-16-35)26-9-7-8-25(32)29(26)33/h7-13,20,22H,5-6,14-19,21H2,1-4H3,(H,34,39). The van der Waals surface area contributed by atoms with Gasteiger partial charge in [-0.3, -0.25) is 9.69 Å². The number of carbonyl (C=O) groups is 1. The van der Waals surface area contributed by atoms with Crippen molar-refractivity contribution in [2.75, 3.05) is 44.2 Å². The first kappa shape index (κ1) is 30.2. The zero-order valence-corrected chi connectivity index (χ0v) is 25.4. The summed E-state index contributed by atoms with van der Waals surface area (Å²) in [5.74, 6) is 1.06. The van der Waals surface area contributed by atoms with E-state index in [0.717, 1.165) is 63.1 Å². The van der Waals surface area contributed by atoms with Crippen molar-refractivity contribution in [1.29, 1.82) is 0 Å². The van der Waals surface area contributed by atoms with Crippen molar-refractivity contribution in [2.45, 2.75) is 52.5 Å². The van der Waals surface area contributed by atoms with E-state index in [2.05, 4.69) is 29.0 Å². The van der Waals surface area contributed by atoms with E-state index >= 15 is 0 Å². The van der Waals surface area contributed by atoms with Crippen LogP contribution in [0.5, 0.6) is 5.75 Å². The number of ether oxygens (including phenoxy) is 1. The van der Waals surface area contributed by atoms with Crippen LogP contribution in [0.25, 0.3) is 10.9 Å². The zero-order valence-electron chi connectivity index (χ0n) is 23.9. The number of benzene rings is 2. The maximum absolute atomic E-state index is 13.2. The molecule has 2 heterocycles. The second-order valence-corrected chi connectivity index (χ2v) is 12.4. The first-order chi connectivity index (χ1) is 19.0. The number of fused-ring (bicyclic) bond motifs is 1. The molecular weight excluding hydrogens is 547 g/mol. The molecule has 1 aliphatic heterocycles. The van der Waals surface area contributed by atoms with Crippen LogP contribution >= 0.6 is 23.2 Å². The molecule has 1 N–H and O–H groups in total. The van der Waals surface area contributed by atoms with Crippen LogP contribution in [0.3, 0.4) is 0 Å². The van der Waals surface area contributed by atoms with Crippen LogP contribution in [0, 0.1) is 5.92 Å². The third kappa shape index (κ3) is 7.71. The molecule has 7 nitrogen and oxygen atoms in total. The fourth-order valence-corrected chi connectivity index (χ4v) is 5.92. The summed E-state index contributed by atoms with van der Waals surface area (Å²) in [5, 5.41) is 5.04. The Hall–Kier alpha value is -2.74. The zero-order chi connectivity index (χ0) is 28.9. The number of hydrogen-bond donors (Lipinski definition) is 1. The number of aromatic nitrogens is 1. The van der Waals surface area contributed by atoms with Crippen LogP contribution < -0.4 is 20.5 Å². The third-order valence-electron chi connectivity index (χ3n) is 7.22. The highest BCUT2D eigenvalue weighted by Crippen LogP contribution is 2.33. The van der Waals surface area contributed by atoms with Crippen LogP contribution in [0.2, 0.25) is 10.0 Å². The Kier molecular flexibility index (Phi) is 10.0. The highest BCUT2D eigenvalue weighted by atomic mass is 35.5. The molecule has 216 valence electrons. The van der Waals surface area contributed by atoms with Gasteiger partial charge in [-0.05, 0) is 81.3 Å². The summed E-state index contributed by atoms with van der Waals surface area (Å²) >= 11 is 12.6. The lowest BCUT2D eigenvalue weighted by molar-refractivity contribution is 0.226. The molecule has 1 amide bonds. The van der Waals surface area contributed by atoms with Crippen LogP contribution in [0.4, 0.5) is 10.5 Å². The molecule has 1 aromatic heterocycles. The largest absolute Gasteiger partial charge is 0.494 e. The Morgan fingerprint density at radius 3 is 2.48 bits per heavy atom. The van der Waals surface area contributed by atoms with E-state index in [1.54, 1.807) is 12.1 Å². The lowest BCUT2D eigenvalue weighted by Crippen LogP contribution is -2.48. The summed E-state index contributed by atoms with van der Waals surface area (Å²) < 4.78 is 7.24. The molecular formula is C31H40Cl2N4O3. The molecule has 0 radical (unpaired) electrons. The fourth-order valence-electron chi connectivity index (χ4n) is 5.51. The fraction of sp³-hybridized carbons (Fsp3) is 0.484. The van der Waals surface area contributed by atoms with E-state index in [1.807, 2.05) is 44.2 Å². The van der Waals surface area contributed by atoms with E-state index in [-0.39, 0.29) is 5.56 Å². The third-order valence-corrected chi connectivity index (χ3v) is 8.03. The second-order valence-electron chi connectivity index (χ2n) is 11.6. The molecule has 2 aromatic carbocycles. The Balaban J connectivity index is 1.28. The lowest BCUT2D eigenvalue weighted by atomic mass is 9.93. The van der Waals surface area contributed by atoms with Crippen molar-refractivity contribution in [2.24, 2.45) is 5.92 Å². The molecule has 0 atom stereocenters. The smallest absolute Gasteiger partial charge is 0.329 e. The maximum Gasteiger partial charge on any atom is 0.329 e. The van der Waals surface area contributed by atoms with Gasteiger partial charge in [-0.25, -0.2) is 9.36 Å². The molecule has 9 heteroatoms. The first-order valence-electron chi connectivity index (χ1n) is 14.1. The van der Waals surface area contributed by atoms with Crippen molar-refractivity contribution in [3.8, 4) is 5.75 Å². The number of unbranched alkanes of at least 4 members (excludes halogenated alkanes) is 1. The average Bonchev–Trinajstić information content (AvgIpc) is 2.89. The quantitative estimate of drug-likeness (QED) is 0.269. The number of anilines is 1. The van der Waals surface area contributed by atoms with Crippen molar-refractivity contribution in [3.63, 3.8) is 0 Å². The maximum atomic E-state index is 13.2. The predicted molar refractivity (Wildman–Crippen MR) is 166 cm³/mol. The topological polar surface area (TPSA) is 66.8 Å². The van der Waals surface area contributed by atoms with Gasteiger partial charge in [0.15, 0.2) is 0 Å². The van der Waals surface area contributed by atoms with Gasteiger partial charge in [0.25, 0.3) is 5.56 Å². The number of hydrogen-bond acceptors (Lipinski definition) is 5. The predicted octanol–water partition coefficient (Wildman–Crippen LogP) is 6.67. The number of carbonyl (C=O) groups excluding carboxylic acids is 1. The Morgan fingerprint density at radius 2 is 1.75 bits per heavy atom. The van der Waals surface area contributed by atoms with E-state index < -0.39 is 11.6 Å². The molecule has 1 saturated heterocycles. The average molecular weight is 588 g/mol. The molecule has 1 fully saturated rings. The minimum Gasteiger partial charge on any atom is -0.494 e. The second kappa shape index (κ2) is 13.3. The van der Waals surface area contributed by atoms with E-state index in [0.29, 0.717) is 33.8 Å². The molecule has 3 aromatic rings. The van der Waals surface area contributed by atoms with Crippen LogP contribution in [0.15, 0.2) is 53.3 Å². The molecule has 0 bridgehead atoms. The Labute approximate surface area is 247 Å². The number of nitrogens with zero attached hydrogens (tertiary/aromatic N) is 3. The van der Waals surface area contributed by atoms with Crippen molar-refractivity contribution >= 4 is 45.8 Å². The first-order valence-corrected chi connectivity index (χ1v) is 14.8. The number of nitrogens with one attached hydrogen (secondary N) is 1. The summed E-state index contributed by atoms with van der Waals surface area (Å²) in [6.07, 6.45) is 2.73.